The number of benzene rings is 3. The van der Waals surface area contributed by atoms with Gasteiger partial charge >= 0.3 is 0 Å². The summed E-state index contributed by atoms with van der Waals surface area (Å²) >= 11 is 9.43. The third-order valence-corrected chi connectivity index (χ3v) is 9.29. The van der Waals surface area contributed by atoms with Crippen molar-refractivity contribution in [2.45, 2.75) is 58.0 Å². The molecule has 1 N–H and O–H groups in total. The van der Waals surface area contributed by atoms with Crippen molar-refractivity contribution in [3.63, 3.8) is 0 Å². The third-order valence-electron chi connectivity index (χ3n) is 6.72. The van der Waals surface area contributed by atoms with Crippen molar-refractivity contribution < 1.29 is 18.0 Å². The Morgan fingerprint density at radius 2 is 1.62 bits per heavy atom. The van der Waals surface area contributed by atoms with Gasteiger partial charge in [0.05, 0.1) is 10.6 Å². The number of aryl methyl sites for hydroxylation is 2. The Labute approximate surface area is 250 Å². The maximum Gasteiger partial charge on any atom is 0.264 e. The number of amides is 2. The van der Waals surface area contributed by atoms with Gasteiger partial charge in [0.2, 0.25) is 11.8 Å². The molecule has 40 heavy (non-hydrogen) atoms. The van der Waals surface area contributed by atoms with Gasteiger partial charge in [0.15, 0.2) is 0 Å². The minimum absolute atomic E-state index is 0.00717. The molecule has 0 aliphatic carbocycles. The monoisotopic (exact) mass is 647 g/mol. The maximum absolute atomic E-state index is 14.0. The predicted molar refractivity (Wildman–Crippen MR) is 164 cm³/mol. The number of anilines is 1. The van der Waals surface area contributed by atoms with Crippen molar-refractivity contribution in [1.82, 2.24) is 10.2 Å². The molecular formula is C30H35BrClN3O4S. The van der Waals surface area contributed by atoms with Crippen LogP contribution in [0.25, 0.3) is 0 Å². The number of nitrogens with zero attached hydrogens (tertiary/aromatic N) is 2. The minimum Gasteiger partial charge on any atom is -0.354 e. The molecule has 1 atom stereocenters. The number of rotatable bonds is 12. The lowest BCUT2D eigenvalue weighted by Crippen LogP contribution is -2.51. The van der Waals surface area contributed by atoms with Crippen molar-refractivity contribution in [1.29, 1.82) is 0 Å². The molecule has 3 aromatic carbocycles. The first-order valence-electron chi connectivity index (χ1n) is 13.1. The van der Waals surface area contributed by atoms with E-state index in [1.807, 2.05) is 51.1 Å². The summed E-state index contributed by atoms with van der Waals surface area (Å²) in [5.41, 5.74) is 3.04. The average Bonchev–Trinajstić information content (AvgIpc) is 2.92. The van der Waals surface area contributed by atoms with Crippen molar-refractivity contribution in [3.05, 3.63) is 92.9 Å². The standard InChI is InChI=1S/C30H35BrClN3O4S/c1-5-6-17-33-30(37)23(4)34(19-24-8-10-25(31)11-9-24)29(36)20-35(27-14-7-21(2)22(3)18-27)40(38,39)28-15-12-26(32)13-16-28/h7-16,18,23H,5-6,17,19-20H2,1-4H3,(H,33,37). The zero-order valence-corrected chi connectivity index (χ0v) is 26.3. The molecule has 0 radical (unpaired) electrons. The number of sulfonamides is 1. The van der Waals surface area contributed by atoms with E-state index in [4.69, 9.17) is 11.6 Å². The van der Waals surface area contributed by atoms with Gasteiger partial charge in [-0.2, -0.15) is 0 Å². The van der Waals surface area contributed by atoms with Gasteiger partial charge in [-0.3, -0.25) is 13.9 Å². The Kier molecular flexibility index (Phi) is 11.2. The molecule has 0 spiro atoms. The Morgan fingerprint density at radius 1 is 0.975 bits per heavy atom. The maximum atomic E-state index is 14.0. The molecular weight excluding hydrogens is 614 g/mol. The molecule has 0 saturated heterocycles. The molecule has 214 valence electrons. The van der Waals surface area contributed by atoms with Crippen molar-refractivity contribution in [2.75, 3.05) is 17.4 Å². The second kappa shape index (κ2) is 14.1. The van der Waals surface area contributed by atoms with Crippen LogP contribution in [0, 0.1) is 13.8 Å². The fourth-order valence-electron chi connectivity index (χ4n) is 4.05. The van der Waals surface area contributed by atoms with Crippen LogP contribution in [0.15, 0.2) is 76.1 Å². The highest BCUT2D eigenvalue weighted by molar-refractivity contribution is 9.10. The van der Waals surface area contributed by atoms with E-state index < -0.39 is 28.5 Å². The second-order valence-corrected chi connectivity index (χ2v) is 12.9. The van der Waals surface area contributed by atoms with Gasteiger partial charge in [-0.25, -0.2) is 8.42 Å². The number of halogens is 2. The van der Waals surface area contributed by atoms with E-state index in [1.54, 1.807) is 19.1 Å². The molecule has 1 unspecified atom stereocenters. The first-order chi connectivity index (χ1) is 18.9. The average molecular weight is 649 g/mol. The molecule has 0 aliphatic rings. The van der Waals surface area contributed by atoms with Crippen LogP contribution in [0.2, 0.25) is 5.02 Å². The Morgan fingerprint density at radius 3 is 2.23 bits per heavy atom. The van der Waals surface area contributed by atoms with E-state index in [0.29, 0.717) is 17.3 Å². The smallest absolute Gasteiger partial charge is 0.264 e. The molecule has 10 heteroatoms. The van der Waals surface area contributed by atoms with Crippen LogP contribution in [0.3, 0.4) is 0 Å². The Hall–Kier alpha value is -2.88. The number of hydrogen-bond donors (Lipinski definition) is 1. The van der Waals surface area contributed by atoms with E-state index in [0.717, 1.165) is 38.3 Å². The van der Waals surface area contributed by atoms with Crippen LogP contribution < -0.4 is 9.62 Å². The summed E-state index contributed by atoms with van der Waals surface area (Å²) < 4.78 is 29.8. The van der Waals surface area contributed by atoms with Crippen LogP contribution in [0.1, 0.15) is 43.4 Å². The van der Waals surface area contributed by atoms with Crippen molar-refractivity contribution in [2.24, 2.45) is 0 Å². The lowest BCUT2D eigenvalue weighted by Gasteiger charge is -2.32. The Balaban J connectivity index is 2.02. The molecule has 0 aromatic heterocycles. The summed E-state index contributed by atoms with van der Waals surface area (Å²) in [5.74, 6) is -0.797. The predicted octanol–water partition coefficient (Wildman–Crippen LogP) is 6.25. The molecule has 3 rings (SSSR count). The lowest BCUT2D eigenvalue weighted by atomic mass is 10.1. The van der Waals surface area contributed by atoms with E-state index in [1.165, 1.54) is 29.2 Å². The highest BCUT2D eigenvalue weighted by Crippen LogP contribution is 2.27. The summed E-state index contributed by atoms with van der Waals surface area (Å²) in [6.07, 6.45) is 1.74. The van der Waals surface area contributed by atoms with Crippen LogP contribution in [-0.2, 0) is 26.2 Å². The van der Waals surface area contributed by atoms with Gasteiger partial charge in [0, 0.05) is 22.6 Å². The lowest BCUT2D eigenvalue weighted by molar-refractivity contribution is -0.139. The second-order valence-electron chi connectivity index (χ2n) is 9.70. The normalized spacial score (nSPS) is 12.1. The number of carbonyl (C=O) groups is 2. The Bertz CT molecular complexity index is 1430. The minimum atomic E-state index is -4.15. The topological polar surface area (TPSA) is 86.8 Å². The molecule has 2 amide bonds. The molecule has 0 aliphatic heterocycles. The number of hydrogen-bond acceptors (Lipinski definition) is 4. The first-order valence-corrected chi connectivity index (χ1v) is 15.7. The van der Waals surface area contributed by atoms with Gasteiger partial charge in [0.25, 0.3) is 10.0 Å². The van der Waals surface area contributed by atoms with Gasteiger partial charge in [-0.1, -0.05) is 59.1 Å². The molecule has 0 bridgehead atoms. The summed E-state index contributed by atoms with van der Waals surface area (Å²) in [7, 11) is -4.15. The van der Waals surface area contributed by atoms with Gasteiger partial charge < -0.3 is 10.2 Å². The number of unbranched alkanes of at least 4 members (excludes halogenated alkanes) is 1. The zero-order chi connectivity index (χ0) is 29.4. The summed E-state index contributed by atoms with van der Waals surface area (Å²) in [6, 6.07) is 17.7. The SMILES string of the molecule is CCCCNC(=O)C(C)N(Cc1ccc(Br)cc1)C(=O)CN(c1ccc(C)c(C)c1)S(=O)(=O)c1ccc(Cl)cc1. The quantitative estimate of drug-likeness (QED) is 0.235. The molecule has 0 heterocycles. The van der Waals surface area contributed by atoms with E-state index >= 15 is 0 Å². The van der Waals surface area contributed by atoms with Crippen molar-refractivity contribution in [3.8, 4) is 0 Å². The molecule has 0 fully saturated rings. The van der Waals surface area contributed by atoms with Crippen LogP contribution in [0.5, 0.6) is 0 Å². The van der Waals surface area contributed by atoms with Gasteiger partial charge in [-0.05, 0) is 92.4 Å². The van der Waals surface area contributed by atoms with Crippen LogP contribution in [0.4, 0.5) is 5.69 Å². The fourth-order valence-corrected chi connectivity index (χ4v) is 5.84. The summed E-state index contributed by atoms with van der Waals surface area (Å²) in [6.45, 7) is 7.65. The first kappa shape index (κ1) is 31.6. The summed E-state index contributed by atoms with van der Waals surface area (Å²) in [5, 5.41) is 3.29. The zero-order valence-electron chi connectivity index (χ0n) is 23.2. The van der Waals surface area contributed by atoms with Gasteiger partial charge in [-0.15, -0.1) is 0 Å². The molecule has 3 aromatic rings. The highest BCUT2D eigenvalue weighted by Gasteiger charge is 2.32. The largest absolute Gasteiger partial charge is 0.354 e. The van der Waals surface area contributed by atoms with E-state index in [9.17, 15) is 18.0 Å². The number of nitrogens with one attached hydrogen (secondary N) is 1. The van der Waals surface area contributed by atoms with E-state index in [2.05, 4.69) is 21.2 Å². The van der Waals surface area contributed by atoms with Crippen molar-refractivity contribution >= 4 is 55.1 Å². The highest BCUT2D eigenvalue weighted by atomic mass is 79.9. The van der Waals surface area contributed by atoms with E-state index in [-0.39, 0.29) is 17.3 Å². The third kappa shape index (κ3) is 8.08. The number of carbonyl (C=O) groups excluding carboxylic acids is 2. The van der Waals surface area contributed by atoms with Crippen LogP contribution >= 0.6 is 27.5 Å². The van der Waals surface area contributed by atoms with Crippen LogP contribution in [-0.4, -0.2) is 44.3 Å². The fraction of sp³-hybridized carbons (Fsp3) is 0.333. The van der Waals surface area contributed by atoms with Gasteiger partial charge in [0.1, 0.15) is 12.6 Å². The molecule has 0 saturated carbocycles. The summed E-state index contributed by atoms with van der Waals surface area (Å²) in [4.78, 5) is 28.4. The molecule has 7 nitrogen and oxygen atoms in total.